The van der Waals surface area contributed by atoms with Gasteiger partial charge in [0, 0.05) is 12.6 Å². The first-order valence-corrected chi connectivity index (χ1v) is 8.34. The summed E-state index contributed by atoms with van der Waals surface area (Å²) in [5.74, 6) is 0.101. The standard InChI is InChI=1S/C19H22N2O2/c1-19(11-13-6-4-3-5-7-13)16-10-14(12-20)8-9-15(16)17(22)21(2)18(19)23/h8-10,13H,3-7,11H2,1-2H3. The molecule has 0 spiro atoms. The molecule has 1 aromatic rings. The molecular weight excluding hydrogens is 288 g/mol. The van der Waals surface area contributed by atoms with Crippen LogP contribution in [0.1, 0.15) is 66.9 Å². The van der Waals surface area contributed by atoms with Crippen LogP contribution in [-0.2, 0) is 10.2 Å². The number of nitriles is 1. The molecule has 2 amide bonds. The second-order valence-corrected chi connectivity index (χ2v) is 7.08. The molecule has 1 aliphatic heterocycles. The van der Waals surface area contributed by atoms with Crippen molar-refractivity contribution in [2.24, 2.45) is 5.92 Å². The number of fused-ring (bicyclic) bond motifs is 1. The van der Waals surface area contributed by atoms with Gasteiger partial charge in [0.05, 0.1) is 17.0 Å². The highest BCUT2D eigenvalue weighted by Gasteiger charge is 2.47. The van der Waals surface area contributed by atoms with E-state index in [1.165, 1.54) is 24.2 Å². The van der Waals surface area contributed by atoms with Gasteiger partial charge in [-0.3, -0.25) is 14.5 Å². The van der Waals surface area contributed by atoms with Gasteiger partial charge in [-0.05, 0) is 43.0 Å². The third-order valence-electron chi connectivity index (χ3n) is 5.48. The van der Waals surface area contributed by atoms with E-state index in [1.54, 1.807) is 25.2 Å². The van der Waals surface area contributed by atoms with Gasteiger partial charge in [-0.15, -0.1) is 0 Å². The van der Waals surface area contributed by atoms with Crippen LogP contribution in [0.25, 0.3) is 0 Å². The summed E-state index contributed by atoms with van der Waals surface area (Å²) in [6.45, 7) is 1.94. The second-order valence-electron chi connectivity index (χ2n) is 7.08. The van der Waals surface area contributed by atoms with Gasteiger partial charge in [-0.25, -0.2) is 0 Å². The number of carbonyl (C=O) groups excluding carboxylic acids is 2. The smallest absolute Gasteiger partial charge is 0.260 e. The van der Waals surface area contributed by atoms with Crippen LogP contribution in [0.15, 0.2) is 18.2 Å². The monoisotopic (exact) mass is 310 g/mol. The van der Waals surface area contributed by atoms with E-state index in [4.69, 9.17) is 0 Å². The topological polar surface area (TPSA) is 61.2 Å². The van der Waals surface area contributed by atoms with Crippen molar-refractivity contribution in [3.05, 3.63) is 34.9 Å². The largest absolute Gasteiger partial charge is 0.281 e. The Morgan fingerprint density at radius 3 is 2.61 bits per heavy atom. The van der Waals surface area contributed by atoms with E-state index in [9.17, 15) is 14.9 Å². The van der Waals surface area contributed by atoms with Crippen LogP contribution < -0.4 is 0 Å². The lowest BCUT2D eigenvalue weighted by molar-refractivity contribution is -0.134. The van der Waals surface area contributed by atoms with E-state index in [-0.39, 0.29) is 11.8 Å². The van der Waals surface area contributed by atoms with Crippen LogP contribution in [0.2, 0.25) is 0 Å². The first-order chi connectivity index (χ1) is 11.0. The van der Waals surface area contributed by atoms with Crippen LogP contribution in [0.5, 0.6) is 0 Å². The zero-order valence-electron chi connectivity index (χ0n) is 13.8. The fourth-order valence-corrected chi connectivity index (χ4v) is 4.18. The summed E-state index contributed by atoms with van der Waals surface area (Å²) in [4.78, 5) is 26.6. The van der Waals surface area contributed by atoms with Crippen molar-refractivity contribution >= 4 is 11.8 Å². The number of hydrogen-bond acceptors (Lipinski definition) is 3. The van der Waals surface area contributed by atoms with E-state index < -0.39 is 5.41 Å². The summed E-state index contributed by atoms with van der Waals surface area (Å²) >= 11 is 0. The average Bonchev–Trinajstić information content (AvgIpc) is 2.59. The zero-order chi connectivity index (χ0) is 16.6. The molecule has 0 saturated heterocycles. The molecule has 4 nitrogen and oxygen atoms in total. The Hall–Kier alpha value is -2.15. The molecule has 2 aliphatic rings. The number of benzene rings is 1. The zero-order valence-corrected chi connectivity index (χ0v) is 13.8. The van der Waals surface area contributed by atoms with Crippen molar-refractivity contribution in [3.8, 4) is 6.07 Å². The lowest BCUT2D eigenvalue weighted by Crippen LogP contribution is -2.52. The minimum atomic E-state index is -0.715. The fraction of sp³-hybridized carbons (Fsp3) is 0.526. The first-order valence-electron chi connectivity index (χ1n) is 8.34. The van der Waals surface area contributed by atoms with Crippen molar-refractivity contribution in [1.29, 1.82) is 5.26 Å². The lowest BCUT2D eigenvalue weighted by atomic mass is 9.68. The van der Waals surface area contributed by atoms with Gasteiger partial charge >= 0.3 is 0 Å². The van der Waals surface area contributed by atoms with Gasteiger partial charge in [0.15, 0.2) is 0 Å². The lowest BCUT2D eigenvalue weighted by Gasteiger charge is -2.41. The predicted molar refractivity (Wildman–Crippen MR) is 86.8 cm³/mol. The Labute approximate surface area is 137 Å². The summed E-state index contributed by atoms with van der Waals surface area (Å²) in [5.41, 5.74) is 1.08. The molecule has 0 N–H and O–H groups in total. The molecule has 1 aliphatic carbocycles. The van der Waals surface area contributed by atoms with Gasteiger partial charge < -0.3 is 0 Å². The maximum atomic E-state index is 12.9. The van der Waals surface area contributed by atoms with Crippen LogP contribution in [-0.4, -0.2) is 23.8 Å². The molecule has 0 bridgehead atoms. The van der Waals surface area contributed by atoms with E-state index in [0.717, 1.165) is 24.8 Å². The van der Waals surface area contributed by atoms with Crippen LogP contribution in [0.4, 0.5) is 0 Å². The van der Waals surface area contributed by atoms with E-state index in [0.29, 0.717) is 17.0 Å². The average molecular weight is 310 g/mol. The Bertz CT molecular complexity index is 698. The normalized spacial score (nSPS) is 25.2. The van der Waals surface area contributed by atoms with Crippen LogP contribution >= 0.6 is 0 Å². The SMILES string of the molecule is CN1C(=O)c2ccc(C#N)cc2C(C)(CC2CCCCC2)C1=O. The maximum absolute atomic E-state index is 12.9. The minimum absolute atomic E-state index is 0.143. The molecule has 1 fully saturated rings. The van der Waals surface area contributed by atoms with E-state index >= 15 is 0 Å². The molecule has 1 heterocycles. The van der Waals surface area contributed by atoms with Crippen molar-refractivity contribution in [3.63, 3.8) is 0 Å². The molecular formula is C19H22N2O2. The third-order valence-corrected chi connectivity index (χ3v) is 5.48. The number of likely N-dealkylation sites (N-methyl/N-ethyl adjacent to an activating group) is 1. The summed E-state index contributed by atoms with van der Waals surface area (Å²) in [7, 11) is 1.56. The van der Waals surface area contributed by atoms with Crippen molar-refractivity contribution in [2.45, 2.75) is 50.9 Å². The number of rotatable bonds is 2. The quantitative estimate of drug-likeness (QED) is 0.787. The Kier molecular flexibility index (Phi) is 3.97. The number of imide groups is 1. The number of carbonyl (C=O) groups is 2. The van der Waals surface area contributed by atoms with Crippen LogP contribution in [0, 0.1) is 17.2 Å². The summed E-state index contributed by atoms with van der Waals surface area (Å²) in [6.07, 6.45) is 6.76. The summed E-state index contributed by atoms with van der Waals surface area (Å²) in [6, 6.07) is 7.21. The Morgan fingerprint density at radius 1 is 1.26 bits per heavy atom. The number of amides is 2. The van der Waals surface area contributed by atoms with Crippen molar-refractivity contribution in [2.75, 3.05) is 7.05 Å². The van der Waals surface area contributed by atoms with Gasteiger partial charge in [0.1, 0.15) is 0 Å². The predicted octanol–water partition coefficient (Wildman–Crippen LogP) is 3.40. The van der Waals surface area contributed by atoms with Crippen molar-refractivity contribution in [1.82, 2.24) is 4.90 Å². The molecule has 1 saturated carbocycles. The van der Waals surface area contributed by atoms with Gasteiger partial charge in [0.2, 0.25) is 5.91 Å². The van der Waals surface area contributed by atoms with Gasteiger partial charge in [-0.2, -0.15) is 5.26 Å². The van der Waals surface area contributed by atoms with Gasteiger partial charge in [-0.1, -0.05) is 32.1 Å². The molecule has 3 rings (SSSR count). The third kappa shape index (κ3) is 2.55. The minimum Gasteiger partial charge on any atom is -0.281 e. The first kappa shape index (κ1) is 15.7. The van der Waals surface area contributed by atoms with E-state index in [1.807, 2.05) is 6.92 Å². The second kappa shape index (κ2) is 5.81. The highest BCUT2D eigenvalue weighted by molar-refractivity contribution is 6.12. The van der Waals surface area contributed by atoms with Crippen LogP contribution in [0.3, 0.4) is 0 Å². The Morgan fingerprint density at radius 2 is 1.96 bits per heavy atom. The molecule has 23 heavy (non-hydrogen) atoms. The van der Waals surface area contributed by atoms with E-state index in [2.05, 4.69) is 6.07 Å². The molecule has 4 heteroatoms. The Balaban J connectivity index is 2.07. The highest BCUT2D eigenvalue weighted by Crippen LogP contribution is 2.42. The molecule has 1 atom stereocenters. The summed E-state index contributed by atoms with van der Waals surface area (Å²) < 4.78 is 0. The maximum Gasteiger partial charge on any atom is 0.260 e. The summed E-state index contributed by atoms with van der Waals surface area (Å²) in [5, 5.41) is 9.18. The molecule has 1 aromatic carbocycles. The number of hydrogen-bond donors (Lipinski definition) is 0. The molecule has 120 valence electrons. The number of nitrogens with zero attached hydrogens (tertiary/aromatic N) is 2. The highest BCUT2D eigenvalue weighted by atomic mass is 16.2. The molecule has 1 unspecified atom stereocenters. The van der Waals surface area contributed by atoms with Gasteiger partial charge in [0.25, 0.3) is 5.91 Å². The molecule has 0 aromatic heterocycles. The van der Waals surface area contributed by atoms with Crippen molar-refractivity contribution < 1.29 is 9.59 Å². The fourth-order valence-electron chi connectivity index (χ4n) is 4.18. The molecule has 0 radical (unpaired) electrons.